The Bertz CT molecular complexity index is 368. The zero-order chi connectivity index (χ0) is 13.1. The monoisotopic (exact) mass is 255 g/mol. The van der Waals surface area contributed by atoms with E-state index in [2.05, 4.69) is 4.74 Å². The van der Waals surface area contributed by atoms with Gasteiger partial charge in [0.1, 0.15) is 0 Å². The number of hydrogen-bond donors (Lipinski definition) is 1. The molecule has 0 aliphatic carbocycles. The molecule has 1 aromatic rings. The van der Waals surface area contributed by atoms with Crippen molar-refractivity contribution in [3.05, 3.63) is 29.3 Å². The summed E-state index contributed by atoms with van der Waals surface area (Å²) in [6.07, 6.45) is -5.70. The molecule has 0 fully saturated rings. The maximum atomic E-state index is 13.2. The second-order valence-corrected chi connectivity index (χ2v) is 3.31. The van der Waals surface area contributed by atoms with Crippen LogP contribution in [0.4, 0.5) is 22.0 Å². The van der Waals surface area contributed by atoms with E-state index in [0.717, 1.165) is 12.1 Å². The first-order chi connectivity index (χ1) is 7.83. The lowest BCUT2D eigenvalue weighted by Crippen LogP contribution is -2.14. The Kier molecular flexibility index (Phi) is 4.28. The first-order valence-electron chi connectivity index (χ1n) is 4.71. The van der Waals surface area contributed by atoms with Crippen LogP contribution in [-0.2, 0) is 6.54 Å². The molecule has 0 amide bonds. The summed E-state index contributed by atoms with van der Waals surface area (Å²) in [5.74, 6) is -2.94. The van der Waals surface area contributed by atoms with Gasteiger partial charge in [0.25, 0.3) is 0 Å². The first kappa shape index (κ1) is 13.7. The number of benzene rings is 1. The van der Waals surface area contributed by atoms with E-state index in [9.17, 15) is 22.0 Å². The zero-order valence-electron chi connectivity index (χ0n) is 8.65. The van der Waals surface area contributed by atoms with Crippen molar-refractivity contribution in [2.24, 2.45) is 5.73 Å². The van der Waals surface area contributed by atoms with Gasteiger partial charge in [0.2, 0.25) is 0 Å². The molecule has 0 saturated carbocycles. The molecule has 0 unspecified atom stereocenters. The molecule has 0 radical (unpaired) electrons. The Morgan fingerprint density at radius 2 is 1.65 bits per heavy atom. The molecule has 0 heterocycles. The molecule has 2 nitrogen and oxygen atoms in total. The largest absolute Gasteiger partial charge is 0.487 e. The second-order valence-electron chi connectivity index (χ2n) is 3.31. The molecule has 1 rings (SSSR count). The minimum absolute atomic E-state index is 0.0727. The van der Waals surface area contributed by atoms with E-state index in [-0.39, 0.29) is 12.1 Å². The van der Waals surface area contributed by atoms with Gasteiger partial charge in [-0.2, -0.15) is 13.2 Å². The SMILES string of the molecule is NCc1cc(F)c(OCCC(F)(F)F)c(F)c1. The molecule has 0 aliphatic rings. The Labute approximate surface area is 94.2 Å². The van der Waals surface area contributed by atoms with E-state index in [1.807, 2.05) is 0 Å². The highest BCUT2D eigenvalue weighted by molar-refractivity contribution is 5.31. The van der Waals surface area contributed by atoms with Crippen molar-refractivity contribution in [1.29, 1.82) is 0 Å². The Morgan fingerprint density at radius 1 is 1.12 bits per heavy atom. The molecule has 7 heteroatoms. The average molecular weight is 255 g/mol. The van der Waals surface area contributed by atoms with Crippen LogP contribution in [0.15, 0.2) is 12.1 Å². The van der Waals surface area contributed by atoms with Gasteiger partial charge in [0.05, 0.1) is 13.0 Å². The highest BCUT2D eigenvalue weighted by Crippen LogP contribution is 2.25. The van der Waals surface area contributed by atoms with E-state index < -0.39 is 36.6 Å². The highest BCUT2D eigenvalue weighted by Gasteiger charge is 2.27. The van der Waals surface area contributed by atoms with E-state index in [1.165, 1.54) is 0 Å². The van der Waals surface area contributed by atoms with Crippen molar-refractivity contribution in [3.8, 4) is 5.75 Å². The van der Waals surface area contributed by atoms with E-state index >= 15 is 0 Å². The van der Waals surface area contributed by atoms with Gasteiger partial charge in [-0.3, -0.25) is 0 Å². The predicted molar refractivity (Wildman–Crippen MR) is 50.4 cm³/mol. The van der Waals surface area contributed by atoms with E-state index in [0.29, 0.717) is 0 Å². The van der Waals surface area contributed by atoms with Crippen molar-refractivity contribution in [1.82, 2.24) is 0 Å². The fourth-order valence-corrected chi connectivity index (χ4v) is 1.14. The third kappa shape index (κ3) is 4.18. The summed E-state index contributed by atoms with van der Waals surface area (Å²) in [5.41, 5.74) is 5.37. The van der Waals surface area contributed by atoms with Crippen LogP contribution in [0.3, 0.4) is 0 Å². The second kappa shape index (κ2) is 5.31. The third-order valence-electron chi connectivity index (χ3n) is 1.93. The van der Waals surface area contributed by atoms with Crippen molar-refractivity contribution in [2.75, 3.05) is 6.61 Å². The summed E-state index contributed by atoms with van der Waals surface area (Å²) in [4.78, 5) is 0. The topological polar surface area (TPSA) is 35.2 Å². The van der Waals surface area contributed by atoms with Gasteiger partial charge in [-0.1, -0.05) is 0 Å². The number of alkyl halides is 3. The average Bonchev–Trinajstić information content (AvgIpc) is 2.20. The lowest BCUT2D eigenvalue weighted by molar-refractivity contribution is -0.139. The van der Waals surface area contributed by atoms with Gasteiger partial charge in [-0.15, -0.1) is 0 Å². The van der Waals surface area contributed by atoms with Crippen LogP contribution in [0.2, 0.25) is 0 Å². The normalized spacial score (nSPS) is 11.6. The quantitative estimate of drug-likeness (QED) is 0.839. The summed E-state index contributed by atoms with van der Waals surface area (Å²) in [6, 6.07) is 1.85. The van der Waals surface area contributed by atoms with Gasteiger partial charge in [0.15, 0.2) is 17.4 Å². The molecule has 1 aromatic carbocycles. The molecule has 0 aliphatic heterocycles. The fraction of sp³-hybridized carbons (Fsp3) is 0.400. The van der Waals surface area contributed by atoms with Crippen LogP contribution in [0.25, 0.3) is 0 Å². The van der Waals surface area contributed by atoms with Gasteiger partial charge in [-0.25, -0.2) is 8.78 Å². The Morgan fingerprint density at radius 3 is 2.06 bits per heavy atom. The number of nitrogens with two attached hydrogens (primary N) is 1. The molecule has 0 spiro atoms. The number of halogens is 5. The fourth-order valence-electron chi connectivity index (χ4n) is 1.14. The number of ether oxygens (including phenoxy) is 1. The summed E-state index contributed by atoms with van der Waals surface area (Å²) in [7, 11) is 0. The molecule has 0 bridgehead atoms. The van der Waals surface area contributed by atoms with Gasteiger partial charge in [0, 0.05) is 6.54 Å². The summed E-state index contributed by atoms with van der Waals surface area (Å²) in [6.45, 7) is -0.907. The lowest BCUT2D eigenvalue weighted by Gasteiger charge is -2.11. The zero-order valence-corrected chi connectivity index (χ0v) is 8.65. The predicted octanol–water partition coefficient (Wildman–Crippen LogP) is 2.75. The summed E-state index contributed by atoms with van der Waals surface area (Å²) < 4.78 is 66.2. The summed E-state index contributed by atoms with van der Waals surface area (Å²) >= 11 is 0. The standard InChI is InChI=1S/C10H10F5NO/c11-7-3-6(5-16)4-8(12)9(7)17-2-1-10(13,14)15/h3-4H,1-2,5,16H2. The smallest absolute Gasteiger partial charge is 0.392 e. The Balaban J connectivity index is 2.72. The minimum atomic E-state index is -4.43. The number of hydrogen-bond acceptors (Lipinski definition) is 2. The van der Waals surface area contributed by atoms with Crippen molar-refractivity contribution in [2.45, 2.75) is 19.1 Å². The van der Waals surface area contributed by atoms with E-state index in [4.69, 9.17) is 5.73 Å². The molecule has 0 atom stereocenters. The van der Waals surface area contributed by atoms with E-state index in [1.54, 1.807) is 0 Å². The molecule has 2 N–H and O–H groups in total. The van der Waals surface area contributed by atoms with Gasteiger partial charge in [-0.05, 0) is 17.7 Å². The maximum absolute atomic E-state index is 13.2. The van der Waals surface area contributed by atoms with Crippen LogP contribution < -0.4 is 10.5 Å². The molecule has 0 aromatic heterocycles. The van der Waals surface area contributed by atoms with Crippen LogP contribution in [-0.4, -0.2) is 12.8 Å². The van der Waals surface area contributed by atoms with Crippen LogP contribution >= 0.6 is 0 Å². The molecule has 96 valence electrons. The van der Waals surface area contributed by atoms with Crippen LogP contribution in [0.5, 0.6) is 5.75 Å². The Hall–Kier alpha value is -1.37. The third-order valence-corrected chi connectivity index (χ3v) is 1.93. The molecule has 0 saturated heterocycles. The van der Waals surface area contributed by atoms with Crippen molar-refractivity contribution >= 4 is 0 Å². The lowest BCUT2D eigenvalue weighted by atomic mass is 10.2. The first-order valence-corrected chi connectivity index (χ1v) is 4.71. The summed E-state index contributed by atoms with van der Waals surface area (Å²) in [5, 5.41) is 0. The van der Waals surface area contributed by atoms with Crippen molar-refractivity contribution in [3.63, 3.8) is 0 Å². The molecular formula is C10H10F5NO. The maximum Gasteiger partial charge on any atom is 0.392 e. The van der Waals surface area contributed by atoms with Crippen LogP contribution in [0.1, 0.15) is 12.0 Å². The molecule has 17 heavy (non-hydrogen) atoms. The number of rotatable bonds is 4. The molecular weight excluding hydrogens is 245 g/mol. The van der Waals surface area contributed by atoms with Gasteiger partial charge < -0.3 is 10.5 Å². The minimum Gasteiger partial charge on any atom is -0.487 e. The van der Waals surface area contributed by atoms with Crippen molar-refractivity contribution < 1.29 is 26.7 Å². The van der Waals surface area contributed by atoms with Crippen LogP contribution in [0, 0.1) is 11.6 Å². The highest BCUT2D eigenvalue weighted by atomic mass is 19.4. The van der Waals surface area contributed by atoms with Gasteiger partial charge >= 0.3 is 6.18 Å².